The van der Waals surface area contributed by atoms with Crippen LogP contribution in [0.25, 0.3) is 22.5 Å². The van der Waals surface area contributed by atoms with E-state index in [1.165, 1.54) is 23.1 Å². The number of esters is 1. The number of thiophene rings is 1. The highest BCUT2D eigenvalue weighted by molar-refractivity contribution is 7.99. The molecule has 1 amide bonds. The molecule has 192 valence electrons. The average Bonchev–Trinajstić information content (AvgIpc) is 3.52. The Morgan fingerprint density at radius 2 is 1.73 bits per heavy atom. The number of nitrogens with one attached hydrogen (secondary N) is 1. The number of thioether (sulfide) groups is 1. The SMILES string of the molecule is CCOC(=O)c1c(-c2ccccc2)csc1NC(=O)CSc1nnc(-c2ccccc2OCC)n1CC. The Labute approximate surface area is 224 Å². The third-order valence-electron chi connectivity index (χ3n) is 5.40. The Morgan fingerprint density at radius 1 is 0.973 bits per heavy atom. The number of amides is 1. The maximum atomic E-state index is 12.9. The minimum absolute atomic E-state index is 0.103. The Morgan fingerprint density at radius 3 is 2.46 bits per heavy atom. The van der Waals surface area contributed by atoms with Crippen molar-refractivity contribution in [1.29, 1.82) is 0 Å². The molecule has 2 aromatic carbocycles. The van der Waals surface area contributed by atoms with E-state index in [9.17, 15) is 9.59 Å². The molecule has 0 saturated heterocycles. The summed E-state index contributed by atoms with van der Waals surface area (Å²) in [6, 6.07) is 17.3. The van der Waals surface area contributed by atoms with E-state index < -0.39 is 5.97 Å². The van der Waals surface area contributed by atoms with Crippen molar-refractivity contribution in [2.45, 2.75) is 32.5 Å². The normalized spacial score (nSPS) is 10.8. The molecule has 0 radical (unpaired) electrons. The third-order valence-corrected chi connectivity index (χ3v) is 7.26. The summed E-state index contributed by atoms with van der Waals surface area (Å²) in [5.74, 6) is 0.809. The van der Waals surface area contributed by atoms with Crippen LogP contribution in [0.2, 0.25) is 0 Å². The van der Waals surface area contributed by atoms with Crippen LogP contribution in [0.15, 0.2) is 65.1 Å². The van der Waals surface area contributed by atoms with Gasteiger partial charge in [0, 0.05) is 17.5 Å². The van der Waals surface area contributed by atoms with Crippen LogP contribution in [-0.2, 0) is 16.1 Å². The number of hydrogen-bond acceptors (Lipinski definition) is 8. The van der Waals surface area contributed by atoms with E-state index in [-0.39, 0.29) is 18.3 Å². The second-order valence-electron chi connectivity index (χ2n) is 7.76. The van der Waals surface area contributed by atoms with Crippen molar-refractivity contribution in [1.82, 2.24) is 14.8 Å². The van der Waals surface area contributed by atoms with Crippen molar-refractivity contribution in [3.63, 3.8) is 0 Å². The second-order valence-corrected chi connectivity index (χ2v) is 9.58. The smallest absolute Gasteiger partial charge is 0.341 e. The van der Waals surface area contributed by atoms with E-state index in [1.54, 1.807) is 6.92 Å². The van der Waals surface area contributed by atoms with Crippen LogP contribution >= 0.6 is 23.1 Å². The maximum Gasteiger partial charge on any atom is 0.341 e. The van der Waals surface area contributed by atoms with Gasteiger partial charge in [-0.25, -0.2) is 4.79 Å². The van der Waals surface area contributed by atoms with Gasteiger partial charge in [0.25, 0.3) is 0 Å². The molecule has 4 rings (SSSR count). The van der Waals surface area contributed by atoms with Crippen molar-refractivity contribution in [3.05, 3.63) is 65.5 Å². The van der Waals surface area contributed by atoms with Gasteiger partial charge in [-0.05, 0) is 38.5 Å². The number of nitrogens with zero attached hydrogens (tertiary/aromatic N) is 3. The molecule has 0 fully saturated rings. The molecule has 0 saturated carbocycles. The summed E-state index contributed by atoms with van der Waals surface area (Å²) in [5.41, 5.74) is 2.83. The zero-order valence-electron chi connectivity index (χ0n) is 20.9. The first kappa shape index (κ1) is 26.4. The summed E-state index contributed by atoms with van der Waals surface area (Å²) in [7, 11) is 0. The number of para-hydroxylation sites is 1. The number of carbonyl (C=O) groups excluding carboxylic acids is 2. The summed E-state index contributed by atoms with van der Waals surface area (Å²) < 4.78 is 13.0. The molecular formula is C27H28N4O4S2. The molecule has 0 bridgehead atoms. The molecule has 0 aliphatic heterocycles. The molecule has 0 spiro atoms. The summed E-state index contributed by atoms with van der Waals surface area (Å²) >= 11 is 2.59. The first-order valence-corrected chi connectivity index (χ1v) is 13.9. The van der Waals surface area contributed by atoms with Crippen LogP contribution in [0.1, 0.15) is 31.1 Å². The summed E-state index contributed by atoms with van der Waals surface area (Å²) in [4.78, 5) is 25.7. The lowest BCUT2D eigenvalue weighted by atomic mass is 10.0. The Bertz CT molecular complexity index is 1370. The summed E-state index contributed by atoms with van der Waals surface area (Å²) in [6.07, 6.45) is 0. The largest absolute Gasteiger partial charge is 0.493 e. The van der Waals surface area contributed by atoms with Gasteiger partial charge in [0.1, 0.15) is 16.3 Å². The fraction of sp³-hybridized carbons (Fsp3) is 0.259. The predicted octanol–water partition coefficient (Wildman–Crippen LogP) is 6.00. The number of benzene rings is 2. The zero-order chi connectivity index (χ0) is 26.2. The third kappa shape index (κ3) is 6.03. The molecule has 0 unspecified atom stereocenters. The lowest BCUT2D eigenvalue weighted by Gasteiger charge is -2.11. The van der Waals surface area contributed by atoms with Crippen LogP contribution in [0.3, 0.4) is 0 Å². The van der Waals surface area contributed by atoms with Gasteiger partial charge >= 0.3 is 5.97 Å². The molecule has 10 heteroatoms. The summed E-state index contributed by atoms with van der Waals surface area (Å²) in [5, 5.41) is 14.5. The van der Waals surface area contributed by atoms with Gasteiger partial charge in [-0.15, -0.1) is 21.5 Å². The highest BCUT2D eigenvalue weighted by Crippen LogP contribution is 2.36. The molecular weight excluding hydrogens is 508 g/mol. The molecule has 1 N–H and O–H groups in total. The van der Waals surface area contributed by atoms with E-state index in [0.29, 0.717) is 34.7 Å². The van der Waals surface area contributed by atoms with Gasteiger partial charge in [-0.2, -0.15) is 0 Å². The number of rotatable bonds is 11. The Balaban J connectivity index is 1.51. The van der Waals surface area contributed by atoms with Gasteiger partial charge in [0.15, 0.2) is 11.0 Å². The monoisotopic (exact) mass is 536 g/mol. The number of aromatic nitrogens is 3. The van der Waals surface area contributed by atoms with Crippen molar-refractivity contribution < 1.29 is 19.1 Å². The molecule has 37 heavy (non-hydrogen) atoms. The van der Waals surface area contributed by atoms with Crippen LogP contribution in [0, 0.1) is 0 Å². The van der Waals surface area contributed by atoms with E-state index in [0.717, 1.165) is 22.4 Å². The van der Waals surface area contributed by atoms with Crippen molar-refractivity contribution in [2.24, 2.45) is 0 Å². The lowest BCUT2D eigenvalue weighted by Crippen LogP contribution is -2.16. The highest BCUT2D eigenvalue weighted by Gasteiger charge is 2.23. The maximum absolute atomic E-state index is 12.9. The van der Waals surface area contributed by atoms with Gasteiger partial charge in [0.2, 0.25) is 5.91 Å². The number of carbonyl (C=O) groups is 2. The van der Waals surface area contributed by atoms with E-state index in [1.807, 2.05) is 78.4 Å². The molecule has 0 aliphatic carbocycles. The Hall–Kier alpha value is -3.63. The van der Waals surface area contributed by atoms with Crippen molar-refractivity contribution >= 4 is 40.0 Å². The minimum atomic E-state index is -0.464. The second kappa shape index (κ2) is 12.6. The van der Waals surface area contributed by atoms with Crippen LogP contribution in [0.4, 0.5) is 5.00 Å². The molecule has 2 heterocycles. The van der Waals surface area contributed by atoms with E-state index in [4.69, 9.17) is 9.47 Å². The zero-order valence-corrected chi connectivity index (χ0v) is 22.5. The molecule has 8 nitrogen and oxygen atoms in total. The van der Waals surface area contributed by atoms with Gasteiger partial charge in [0.05, 0.1) is 24.5 Å². The van der Waals surface area contributed by atoms with E-state index in [2.05, 4.69) is 15.5 Å². The van der Waals surface area contributed by atoms with Crippen LogP contribution < -0.4 is 10.1 Å². The molecule has 0 aliphatic rings. The topological polar surface area (TPSA) is 95.3 Å². The summed E-state index contributed by atoms with van der Waals surface area (Å²) in [6.45, 7) is 7.11. The van der Waals surface area contributed by atoms with Crippen molar-refractivity contribution in [3.8, 4) is 28.3 Å². The van der Waals surface area contributed by atoms with Crippen LogP contribution in [0.5, 0.6) is 5.75 Å². The van der Waals surface area contributed by atoms with Gasteiger partial charge in [-0.3, -0.25) is 4.79 Å². The fourth-order valence-electron chi connectivity index (χ4n) is 3.79. The molecule has 2 aromatic heterocycles. The van der Waals surface area contributed by atoms with Crippen LogP contribution in [-0.4, -0.2) is 45.6 Å². The number of hydrogen-bond donors (Lipinski definition) is 1. The Kier molecular flexibility index (Phi) is 8.97. The molecule has 4 aromatic rings. The quantitative estimate of drug-likeness (QED) is 0.186. The van der Waals surface area contributed by atoms with Gasteiger partial charge in [-0.1, -0.05) is 54.2 Å². The highest BCUT2D eigenvalue weighted by atomic mass is 32.2. The molecule has 0 atom stereocenters. The minimum Gasteiger partial charge on any atom is -0.493 e. The first-order valence-electron chi connectivity index (χ1n) is 12.0. The average molecular weight is 537 g/mol. The fourth-order valence-corrected chi connectivity index (χ4v) is 5.57. The van der Waals surface area contributed by atoms with E-state index >= 15 is 0 Å². The standard InChI is InChI=1S/C27H28N4O4S2/c1-4-31-24(19-14-10-11-15-21(19)34-5-2)29-30-27(31)37-17-22(32)28-25-23(26(33)35-6-3)20(16-36-25)18-12-8-7-9-13-18/h7-16H,4-6,17H2,1-3H3,(H,28,32). The number of ether oxygens (including phenoxy) is 2. The first-order chi connectivity index (χ1) is 18.1. The van der Waals surface area contributed by atoms with Gasteiger partial charge < -0.3 is 19.4 Å². The van der Waals surface area contributed by atoms with Crippen molar-refractivity contribution in [2.75, 3.05) is 24.3 Å². The lowest BCUT2D eigenvalue weighted by molar-refractivity contribution is -0.113. The predicted molar refractivity (Wildman–Crippen MR) is 147 cm³/mol. The number of anilines is 1.